The number of likely N-dealkylation sites (tertiary alicyclic amines) is 2. The van der Waals surface area contributed by atoms with Crippen molar-refractivity contribution in [3.8, 4) is 0 Å². The fraction of sp³-hybridized carbons (Fsp3) is 0.545. The van der Waals surface area contributed by atoms with Gasteiger partial charge in [0.15, 0.2) is 0 Å². The highest BCUT2D eigenvalue weighted by atomic mass is 16.3. The quantitative estimate of drug-likeness (QED) is 0.768. The van der Waals surface area contributed by atoms with Gasteiger partial charge in [-0.2, -0.15) is 0 Å². The first kappa shape index (κ1) is 19.3. The Morgan fingerprint density at radius 3 is 2.25 bits per heavy atom. The molecule has 3 heterocycles. The summed E-state index contributed by atoms with van der Waals surface area (Å²) >= 11 is 0. The van der Waals surface area contributed by atoms with Crippen molar-refractivity contribution in [1.29, 1.82) is 0 Å². The molecule has 0 atom stereocenters. The SMILES string of the molecule is OC1(CN2CCCC2)CCN(Cc2cnc(NCc3ccccc3)nc2)CC1. The van der Waals surface area contributed by atoms with Gasteiger partial charge in [0, 0.05) is 50.7 Å². The molecule has 2 aliphatic rings. The molecule has 0 unspecified atom stereocenters. The smallest absolute Gasteiger partial charge is 0.222 e. The van der Waals surface area contributed by atoms with Crippen LogP contribution in [-0.4, -0.2) is 63.2 Å². The monoisotopic (exact) mass is 381 g/mol. The third-order valence-electron chi connectivity index (χ3n) is 5.91. The summed E-state index contributed by atoms with van der Waals surface area (Å²) in [5.74, 6) is 0.659. The molecule has 1 aromatic heterocycles. The molecule has 2 saturated heterocycles. The van der Waals surface area contributed by atoms with E-state index in [9.17, 15) is 5.11 Å². The number of β-amino-alcohol motifs (C(OH)–C–C–N with tert-alkyl or cyclic N) is 1. The molecule has 2 fully saturated rings. The van der Waals surface area contributed by atoms with E-state index >= 15 is 0 Å². The molecule has 0 amide bonds. The van der Waals surface area contributed by atoms with Crippen LogP contribution in [0.3, 0.4) is 0 Å². The van der Waals surface area contributed by atoms with Gasteiger partial charge < -0.3 is 15.3 Å². The lowest BCUT2D eigenvalue weighted by molar-refractivity contribution is -0.0430. The highest BCUT2D eigenvalue weighted by Gasteiger charge is 2.34. The second-order valence-corrected chi connectivity index (χ2v) is 8.24. The van der Waals surface area contributed by atoms with Crippen LogP contribution >= 0.6 is 0 Å². The van der Waals surface area contributed by atoms with Gasteiger partial charge in [0.25, 0.3) is 0 Å². The lowest BCUT2D eigenvalue weighted by atomic mass is 9.90. The van der Waals surface area contributed by atoms with Crippen molar-refractivity contribution in [3.05, 3.63) is 53.9 Å². The van der Waals surface area contributed by atoms with Gasteiger partial charge in [0.1, 0.15) is 0 Å². The molecule has 4 rings (SSSR count). The minimum Gasteiger partial charge on any atom is -0.388 e. The average Bonchev–Trinajstić information content (AvgIpc) is 3.23. The van der Waals surface area contributed by atoms with E-state index in [-0.39, 0.29) is 0 Å². The number of benzene rings is 1. The minimum atomic E-state index is -0.511. The zero-order valence-electron chi connectivity index (χ0n) is 16.6. The molecule has 0 spiro atoms. The molecule has 6 nitrogen and oxygen atoms in total. The van der Waals surface area contributed by atoms with Gasteiger partial charge >= 0.3 is 0 Å². The average molecular weight is 382 g/mol. The predicted molar refractivity (Wildman–Crippen MR) is 111 cm³/mol. The summed E-state index contributed by atoms with van der Waals surface area (Å²) in [4.78, 5) is 13.7. The van der Waals surface area contributed by atoms with Crippen molar-refractivity contribution in [2.75, 3.05) is 38.0 Å². The van der Waals surface area contributed by atoms with Crippen LogP contribution in [0.25, 0.3) is 0 Å². The number of rotatable bonds is 7. The van der Waals surface area contributed by atoms with Crippen molar-refractivity contribution in [2.45, 2.75) is 44.4 Å². The molecule has 0 bridgehead atoms. The van der Waals surface area contributed by atoms with Crippen LogP contribution in [0, 0.1) is 0 Å². The first-order chi connectivity index (χ1) is 13.7. The second-order valence-electron chi connectivity index (χ2n) is 8.24. The Morgan fingerprint density at radius 1 is 0.893 bits per heavy atom. The molecular weight excluding hydrogens is 350 g/mol. The zero-order chi connectivity index (χ0) is 19.2. The third kappa shape index (κ3) is 5.28. The molecule has 0 saturated carbocycles. The minimum absolute atomic E-state index is 0.511. The number of aromatic nitrogens is 2. The Kier molecular flexibility index (Phi) is 6.20. The highest BCUT2D eigenvalue weighted by Crippen LogP contribution is 2.25. The van der Waals surface area contributed by atoms with Crippen LogP contribution in [0.4, 0.5) is 5.95 Å². The number of aliphatic hydroxyl groups is 1. The molecule has 0 radical (unpaired) electrons. The highest BCUT2D eigenvalue weighted by molar-refractivity contribution is 5.27. The molecule has 150 valence electrons. The van der Waals surface area contributed by atoms with Crippen LogP contribution in [0.15, 0.2) is 42.7 Å². The molecule has 2 aliphatic heterocycles. The summed E-state index contributed by atoms with van der Waals surface area (Å²) in [5, 5.41) is 14.2. The van der Waals surface area contributed by atoms with Crippen LogP contribution < -0.4 is 5.32 Å². The maximum absolute atomic E-state index is 10.9. The lowest BCUT2D eigenvalue weighted by Gasteiger charge is -2.40. The molecule has 2 aromatic rings. The number of piperidine rings is 1. The van der Waals surface area contributed by atoms with Gasteiger partial charge in [-0.15, -0.1) is 0 Å². The maximum Gasteiger partial charge on any atom is 0.222 e. The largest absolute Gasteiger partial charge is 0.388 e. The van der Waals surface area contributed by atoms with Crippen molar-refractivity contribution in [3.63, 3.8) is 0 Å². The van der Waals surface area contributed by atoms with Gasteiger partial charge in [-0.05, 0) is 44.3 Å². The topological polar surface area (TPSA) is 64.5 Å². The van der Waals surface area contributed by atoms with Crippen molar-refractivity contribution >= 4 is 5.95 Å². The molecule has 0 aliphatic carbocycles. The van der Waals surface area contributed by atoms with Crippen molar-refractivity contribution in [2.24, 2.45) is 0 Å². The van der Waals surface area contributed by atoms with Crippen molar-refractivity contribution < 1.29 is 5.11 Å². The predicted octanol–water partition coefficient (Wildman–Crippen LogP) is 2.51. The number of hydrogen-bond donors (Lipinski definition) is 2. The lowest BCUT2D eigenvalue weighted by Crippen LogP contribution is -2.50. The number of nitrogens with zero attached hydrogens (tertiary/aromatic N) is 4. The summed E-state index contributed by atoms with van der Waals surface area (Å²) in [6, 6.07) is 10.3. The van der Waals surface area contributed by atoms with E-state index < -0.39 is 5.60 Å². The number of hydrogen-bond acceptors (Lipinski definition) is 6. The van der Waals surface area contributed by atoms with E-state index in [1.165, 1.54) is 18.4 Å². The number of nitrogens with one attached hydrogen (secondary N) is 1. The van der Waals surface area contributed by atoms with Gasteiger partial charge in [0.2, 0.25) is 5.95 Å². The fourth-order valence-electron chi connectivity index (χ4n) is 4.21. The Balaban J connectivity index is 1.22. The van der Waals surface area contributed by atoms with Gasteiger partial charge in [-0.25, -0.2) is 9.97 Å². The van der Waals surface area contributed by atoms with Gasteiger partial charge in [0.05, 0.1) is 5.60 Å². The van der Waals surface area contributed by atoms with E-state index in [0.29, 0.717) is 5.95 Å². The van der Waals surface area contributed by atoms with Crippen LogP contribution in [0.5, 0.6) is 0 Å². The Labute approximate surface area is 167 Å². The molecule has 2 N–H and O–H groups in total. The van der Waals surface area contributed by atoms with E-state index in [4.69, 9.17) is 0 Å². The Morgan fingerprint density at radius 2 is 1.57 bits per heavy atom. The molecule has 1 aromatic carbocycles. The standard InChI is InChI=1S/C22H31N5O/c28-22(18-27-10-4-5-11-27)8-12-26(13-9-22)17-20-15-24-21(25-16-20)23-14-19-6-2-1-3-7-19/h1-3,6-7,15-16,28H,4-5,8-14,17-18H2,(H,23,24,25). The zero-order valence-corrected chi connectivity index (χ0v) is 16.6. The van der Waals surface area contributed by atoms with Crippen molar-refractivity contribution in [1.82, 2.24) is 19.8 Å². The first-order valence-electron chi connectivity index (χ1n) is 10.4. The van der Waals surface area contributed by atoms with Gasteiger partial charge in [-0.1, -0.05) is 30.3 Å². The van der Waals surface area contributed by atoms with E-state index in [2.05, 4.69) is 37.2 Å². The molecular formula is C22H31N5O. The maximum atomic E-state index is 10.9. The van der Waals surface area contributed by atoms with Gasteiger partial charge in [-0.3, -0.25) is 4.90 Å². The first-order valence-corrected chi connectivity index (χ1v) is 10.4. The van der Waals surface area contributed by atoms with E-state index in [1.807, 2.05) is 30.6 Å². The van der Waals surface area contributed by atoms with Crippen LogP contribution in [0.1, 0.15) is 36.8 Å². The van der Waals surface area contributed by atoms with E-state index in [1.54, 1.807) is 0 Å². The second kappa shape index (κ2) is 8.99. The van der Waals surface area contributed by atoms with Crippen LogP contribution in [0.2, 0.25) is 0 Å². The van der Waals surface area contributed by atoms with Crippen LogP contribution in [-0.2, 0) is 13.1 Å². The normalized spacial score (nSPS) is 20.3. The fourth-order valence-corrected chi connectivity index (χ4v) is 4.21. The Hall–Kier alpha value is -2.02. The summed E-state index contributed by atoms with van der Waals surface area (Å²) in [6.45, 7) is 6.56. The molecule has 28 heavy (non-hydrogen) atoms. The summed E-state index contributed by atoms with van der Waals surface area (Å²) < 4.78 is 0. The summed E-state index contributed by atoms with van der Waals surface area (Å²) in [6.07, 6.45) is 8.07. The summed E-state index contributed by atoms with van der Waals surface area (Å²) in [7, 11) is 0. The third-order valence-corrected chi connectivity index (χ3v) is 5.91. The summed E-state index contributed by atoms with van der Waals surface area (Å²) in [5.41, 5.74) is 1.82. The van der Waals surface area contributed by atoms with E-state index in [0.717, 1.165) is 64.2 Å². The molecule has 6 heteroatoms. The Bertz CT molecular complexity index is 722. The number of anilines is 1.